The molecule has 2 aromatic carbocycles. The second-order valence-corrected chi connectivity index (χ2v) is 7.27. The van der Waals surface area contributed by atoms with Crippen LogP contribution in [0.3, 0.4) is 0 Å². The number of aryl methyl sites for hydroxylation is 2. The standard InChI is InChI=1S/C20H24.C4H10.C3H6/c1-14(2)20(17(5)18-9-7-6-8-10-18)19-13-15(3)11-12-16(19)4;1-3-4-2;1-3-2/h6-13,17H,1-5H3;3-4H2,1-2H3;3H,1H2,2H3. The van der Waals surface area contributed by atoms with Crippen LogP contribution in [0.25, 0.3) is 5.57 Å². The molecule has 2 aromatic rings. The SMILES string of the molecule is C=CC.CC(C)=C(c1cc(C)ccc1C)C(C)c1ccccc1.CCCC. The van der Waals surface area contributed by atoms with Crippen molar-refractivity contribution in [3.05, 3.63) is 89.0 Å². The molecule has 0 heteroatoms. The van der Waals surface area contributed by atoms with E-state index in [9.17, 15) is 0 Å². The summed E-state index contributed by atoms with van der Waals surface area (Å²) in [7, 11) is 0. The molecular weight excluding hydrogens is 324 g/mol. The van der Waals surface area contributed by atoms with Crippen molar-refractivity contribution in [1.29, 1.82) is 0 Å². The van der Waals surface area contributed by atoms with Crippen LogP contribution in [0.4, 0.5) is 0 Å². The summed E-state index contributed by atoms with van der Waals surface area (Å²) in [5.74, 6) is 0.418. The first-order valence-electron chi connectivity index (χ1n) is 10.2. The lowest BCUT2D eigenvalue weighted by Crippen LogP contribution is -2.02. The van der Waals surface area contributed by atoms with Crippen LogP contribution in [-0.2, 0) is 0 Å². The quantitative estimate of drug-likeness (QED) is 0.475. The van der Waals surface area contributed by atoms with Crippen molar-refractivity contribution in [1.82, 2.24) is 0 Å². The maximum absolute atomic E-state index is 3.36. The Morgan fingerprint density at radius 1 is 0.963 bits per heavy atom. The van der Waals surface area contributed by atoms with E-state index in [1.165, 1.54) is 46.2 Å². The van der Waals surface area contributed by atoms with Gasteiger partial charge in [-0.15, -0.1) is 6.58 Å². The van der Waals surface area contributed by atoms with Gasteiger partial charge in [0.15, 0.2) is 0 Å². The average molecular weight is 365 g/mol. The Bertz CT molecular complexity index is 683. The van der Waals surface area contributed by atoms with Gasteiger partial charge in [0.2, 0.25) is 0 Å². The van der Waals surface area contributed by atoms with E-state index in [-0.39, 0.29) is 0 Å². The first-order chi connectivity index (χ1) is 12.8. The van der Waals surface area contributed by atoms with Gasteiger partial charge in [0.25, 0.3) is 0 Å². The highest BCUT2D eigenvalue weighted by Gasteiger charge is 2.16. The summed E-state index contributed by atoms with van der Waals surface area (Å²) in [6, 6.07) is 17.5. The molecule has 0 saturated carbocycles. The van der Waals surface area contributed by atoms with E-state index in [0.717, 1.165) is 0 Å². The molecule has 148 valence electrons. The predicted octanol–water partition coefficient (Wildman–Crippen LogP) is 8.90. The molecule has 0 amide bonds. The summed E-state index contributed by atoms with van der Waals surface area (Å²) in [5.41, 5.74) is 8.30. The van der Waals surface area contributed by atoms with Crippen LogP contribution in [0.5, 0.6) is 0 Å². The largest absolute Gasteiger partial charge is 0.103 e. The zero-order valence-corrected chi connectivity index (χ0v) is 18.9. The summed E-state index contributed by atoms with van der Waals surface area (Å²) in [5, 5.41) is 0. The lowest BCUT2D eigenvalue weighted by atomic mass is 9.83. The normalized spacial score (nSPS) is 10.5. The number of allylic oxidation sites excluding steroid dienone is 3. The number of hydrogen-bond donors (Lipinski definition) is 0. The third-order valence-corrected chi connectivity index (χ3v) is 4.45. The Kier molecular flexibility index (Phi) is 13.0. The molecule has 0 aliphatic heterocycles. The molecule has 0 aliphatic rings. The predicted molar refractivity (Wildman–Crippen MR) is 125 cm³/mol. The van der Waals surface area contributed by atoms with Gasteiger partial charge < -0.3 is 0 Å². The Labute approximate surface area is 169 Å². The Morgan fingerprint density at radius 3 is 1.93 bits per heavy atom. The highest BCUT2D eigenvalue weighted by atomic mass is 14.2. The Balaban J connectivity index is 0.000000836. The van der Waals surface area contributed by atoms with Gasteiger partial charge in [-0.1, -0.05) is 99.4 Å². The number of unbranched alkanes of at least 4 members (excludes halogenated alkanes) is 1. The van der Waals surface area contributed by atoms with Crippen molar-refractivity contribution in [2.75, 3.05) is 0 Å². The number of rotatable bonds is 4. The van der Waals surface area contributed by atoms with Gasteiger partial charge in [-0.2, -0.15) is 0 Å². The summed E-state index contributed by atoms with van der Waals surface area (Å²) >= 11 is 0. The van der Waals surface area contributed by atoms with Crippen molar-refractivity contribution < 1.29 is 0 Å². The van der Waals surface area contributed by atoms with Crippen molar-refractivity contribution >= 4 is 5.57 Å². The molecule has 0 aliphatic carbocycles. The van der Waals surface area contributed by atoms with Gasteiger partial charge >= 0.3 is 0 Å². The summed E-state index contributed by atoms with van der Waals surface area (Å²) in [6.07, 6.45) is 4.39. The van der Waals surface area contributed by atoms with Crippen molar-refractivity contribution in [2.45, 2.75) is 74.1 Å². The molecule has 0 spiro atoms. The van der Waals surface area contributed by atoms with E-state index in [1.54, 1.807) is 6.08 Å². The van der Waals surface area contributed by atoms with Gasteiger partial charge in [0.05, 0.1) is 0 Å². The van der Waals surface area contributed by atoms with Crippen LogP contribution < -0.4 is 0 Å². The fourth-order valence-electron chi connectivity index (χ4n) is 2.87. The molecule has 0 aromatic heterocycles. The lowest BCUT2D eigenvalue weighted by molar-refractivity contribution is 0.886. The van der Waals surface area contributed by atoms with Crippen LogP contribution in [0.15, 0.2) is 66.8 Å². The second kappa shape index (κ2) is 14.0. The molecule has 1 unspecified atom stereocenters. The van der Waals surface area contributed by atoms with E-state index in [0.29, 0.717) is 5.92 Å². The molecule has 27 heavy (non-hydrogen) atoms. The van der Waals surface area contributed by atoms with E-state index in [2.05, 4.69) is 104 Å². The Morgan fingerprint density at radius 2 is 1.48 bits per heavy atom. The number of hydrogen-bond acceptors (Lipinski definition) is 0. The summed E-state index contributed by atoms with van der Waals surface area (Å²) in [4.78, 5) is 0. The molecule has 0 heterocycles. The van der Waals surface area contributed by atoms with Crippen LogP contribution in [0.1, 0.15) is 82.6 Å². The van der Waals surface area contributed by atoms with E-state index < -0.39 is 0 Å². The molecule has 0 radical (unpaired) electrons. The van der Waals surface area contributed by atoms with Gasteiger partial charge in [0, 0.05) is 5.92 Å². The minimum absolute atomic E-state index is 0.418. The molecular formula is C27H40. The van der Waals surface area contributed by atoms with Gasteiger partial charge in [0.1, 0.15) is 0 Å². The topological polar surface area (TPSA) is 0 Å². The molecule has 2 rings (SSSR count). The third kappa shape index (κ3) is 8.91. The van der Waals surface area contributed by atoms with Crippen LogP contribution in [-0.4, -0.2) is 0 Å². The van der Waals surface area contributed by atoms with Crippen LogP contribution in [0, 0.1) is 13.8 Å². The fraction of sp³-hybridized carbons (Fsp3) is 0.407. The Hall–Kier alpha value is -2.08. The average Bonchev–Trinajstić information content (AvgIpc) is 2.66. The maximum atomic E-state index is 3.36. The highest BCUT2D eigenvalue weighted by Crippen LogP contribution is 2.36. The van der Waals surface area contributed by atoms with Crippen molar-refractivity contribution in [2.24, 2.45) is 0 Å². The first-order valence-corrected chi connectivity index (χ1v) is 10.2. The minimum atomic E-state index is 0.418. The van der Waals surface area contributed by atoms with Gasteiger partial charge in [-0.05, 0) is 56.9 Å². The van der Waals surface area contributed by atoms with Crippen molar-refractivity contribution in [3.63, 3.8) is 0 Å². The molecule has 0 fully saturated rings. The summed E-state index contributed by atoms with van der Waals surface area (Å²) in [6.45, 7) is 20.7. The van der Waals surface area contributed by atoms with Gasteiger partial charge in [-0.3, -0.25) is 0 Å². The van der Waals surface area contributed by atoms with E-state index in [1.807, 2.05) is 6.92 Å². The molecule has 0 nitrogen and oxygen atoms in total. The monoisotopic (exact) mass is 364 g/mol. The fourth-order valence-corrected chi connectivity index (χ4v) is 2.87. The molecule has 0 bridgehead atoms. The lowest BCUT2D eigenvalue weighted by Gasteiger charge is -2.21. The van der Waals surface area contributed by atoms with Crippen molar-refractivity contribution in [3.8, 4) is 0 Å². The number of benzene rings is 2. The van der Waals surface area contributed by atoms with Crippen LogP contribution in [0.2, 0.25) is 0 Å². The molecule has 0 saturated heterocycles. The zero-order valence-electron chi connectivity index (χ0n) is 18.9. The molecule has 1 atom stereocenters. The minimum Gasteiger partial charge on any atom is -0.103 e. The zero-order chi connectivity index (χ0) is 20.8. The smallest absolute Gasteiger partial charge is 0.00663 e. The highest BCUT2D eigenvalue weighted by molar-refractivity contribution is 5.75. The molecule has 0 N–H and O–H groups in total. The van der Waals surface area contributed by atoms with E-state index >= 15 is 0 Å². The summed E-state index contributed by atoms with van der Waals surface area (Å²) < 4.78 is 0. The van der Waals surface area contributed by atoms with Crippen LogP contribution >= 0.6 is 0 Å². The maximum Gasteiger partial charge on any atom is 0.00663 e. The second-order valence-electron chi connectivity index (χ2n) is 7.27. The van der Waals surface area contributed by atoms with Gasteiger partial charge in [-0.25, -0.2) is 0 Å². The van der Waals surface area contributed by atoms with E-state index in [4.69, 9.17) is 0 Å². The third-order valence-electron chi connectivity index (χ3n) is 4.45. The first kappa shape index (κ1) is 24.9.